The number of aromatic hydroxyl groups is 1. The van der Waals surface area contributed by atoms with Crippen molar-refractivity contribution in [1.29, 1.82) is 0 Å². The first kappa shape index (κ1) is 12.4. The van der Waals surface area contributed by atoms with Crippen LogP contribution in [0.1, 0.15) is 0 Å². The van der Waals surface area contributed by atoms with Crippen molar-refractivity contribution in [1.82, 2.24) is 25.1 Å². The Balaban J connectivity index is 2.20. The Bertz CT molecular complexity index is 813. The summed E-state index contributed by atoms with van der Waals surface area (Å²) in [4.78, 5) is 22.4. The number of H-pyrrole nitrogens is 2. The van der Waals surface area contributed by atoms with E-state index in [4.69, 9.17) is 11.6 Å². The third-order valence-corrected chi connectivity index (χ3v) is 3.01. The van der Waals surface area contributed by atoms with Crippen LogP contribution in [0.15, 0.2) is 35.4 Å². The maximum Gasteiger partial charge on any atom is 0.263 e. The molecule has 0 saturated carbocycles. The number of halogens is 1. The summed E-state index contributed by atoms with van der Waals surface area (Å²) in [6, 6.07) is 6.69. The van der Waals surface area contributed by atoms with Gasteiger partial charge in [0, 0.05) is 10.6 Å². The van der Waals surface area contributed by atoms with E-state index < -0.39 is 11.4 Å². The molecule has 0 atom stereocenters. The van der Waals surface area contributed by atoms with Crippen LogP contribution < -0.4 is 5.56 Å². The fraction of sp³-hybridized carbons (Fsp3) is 0. The Morgan fingerprint density at radius 3 is 2.65 bits per heavy atom. The fourth-order valence-electron chi connectivity index (χ4n) is 1.80. The van der Waals surface area contributed by atoms with Crippen molar-refractivity contribution in [2.45, 2.75) is 0 Å². The summed E-state index contributed by atoms with van der Waals surface area (Å²) in [5.41, 5.74) is -0.0969. The van der Waals surface area contributed by atoms with Gasteiger partial charge in [-0.1, -0.05) is 29.8 Å². The first-order valence-corrected chi connectivity index (χ1v) is 5.98. The second-order valence-corrected chi connectivity index (χ2v) is 4.33. The second kappa shape index (κ2) is 4.78. The minimum Gasteiger partial charge on any atom is -0.493 e. The summed E-state index contributed by atoms with van der Waals surface area (Å²) in [6.07, 6.45) is 1.27. The topological polar surface area (TPSA) is 108 Å². The van der Waals surface area contributed by atoms with Crippen LogP contribution in [0.25, 0.3) is 22.8 Å². The van der Waals surface area contributed by atoms with E-state index in [9.17, 15) is 9.90 Å². The molecule has 3 rings (SSSR count). The number of nitrogens with one attached hydrogen (secondary N) is 2. The summed E-state index contributed by atoms with van der Waals surface area (Å²) >= 11 is 6.02. The van der Waals surface area contributed by atoms with Crippen molar-refractivity contribution in [3.63, 3.8) is 0 Å². The summed E-state index contributed by atoms with van der Waals surface area (Å²) in [5.74, 6) is -0.0721. The highest BCUT2D eigenvalue weighted by Crippen LogP contribution is 2.30. The van der Waals surface area contributed by atoms with E-state index in [-0.39, 0.29) is 17.2 Å². The lowest BCUT2D eigenvalue weighted by molar-refractivity contribution is 0.454. The van der Waals surface area contributed by atoms with Gasteiger partial charge < -0.3 is 10.1 Å². The van der Waals surface area contributed by atoms with Crippen LogP contribution in [0.3, 0.4) is 0 Å². The molecule has 7 nitrogen and oxygen atoms in total. The highest BCUT2D eigenvalue weighted by Gasteiger charge is 2.16. The molecule has 8 heteroatoms. The normalized spacial score (nSPS) is 10.7. The highest BCUT2D eigenvalue weighted by atomic mass is 35.5. The van der Waals surface area contributed by atoms with E-state index in [1.54, 1.807) is 24.3 Å². The molecule has 0 aliphatic heterocycles. The number of hydrogen-bond acceptors (Lipinski definition) is 5. The quantitative estimate of drug-likeness (QED) is 0.664. The van der Waals surface area contributed by atoms with Crippen molar-refractivity contribution in [3.05, 3.63) is 46.0 Å². The largest absolute Gasteiger partial charge is 0.493 e. The zero-order valence-corrected chi connectivity index (χ0v) is 10.7. The number of nitrogens with zero attached hydrogens (tertiary/aromatic N) is 3. The SMILES string of the molecule is O=c1[nH]c(-c2ncn[nH]2)nc(O)c1-c1ccccc1Cl. The lowest BCUT2D eigenvalue weighted by Crippen LogP contribution is -2.12. The average molecular weight is 290 g/mol. The standard InChI is InChI=1S/C12H8ClN5O2/c13-7-4-2-1-3-6(7)8-11(19)16-10(17-12(8)20)9-14-5-15-18-9/h1-5H,(H,14,15,18)(H2,16,17,19,20). The average Bonchev–Trinajstić information content (AvgIpc) is 2.94. The molecule has 0 spiro atoms. The number of rotatable bonds is 2. The van der Waals surface area contributed by atoms with Gasteiger partial charge in [0.25, 0.3) is 5.56 Å². The number of aromatic amines is 2. The zero-order chi connectivity index (χ0) is 14.1. The summed E-state index contributed by atoms with van der Waals surface area (Å²) in [5, 5.41) is 16.5. The van der Waals surface area contributed by atoms with Gasteiger partial charge in [0.05, 0.1) is 0 Å². The number of aromatic nitrogens is 5. The van der Waals surface area contributed by atoms with E-state index in [0.29, 0.717) is 10.6 Å². The molecule has 0 saturated heterocycles. The molecule has 3 N–H and O–H groups in total. The Hall–Kier alpha value is -2.67. The fourth-order valence-corrected chi connectivity index (χ4v) is 2.03. The van der Waals surface area contributed by atoms with Crippen molar-refractivity contribution in [2.75, 3.05) is 0 Å². The van der Waals surface area contributed by atoms with Crippen LogP contribution in [0, 0.1) is 0 Å². The second-order valence-electron chi connectivity index (χ2n) is 3.93. The lowest BCUT2D eigenvalue weighted by atomic mass is 10.1. The van der Waals surface area contributed by atoms with Gasteiger partial charge in [0.2, 0.25) is 5.88 Å². The van der Waals surface area contributed by atoms with Crippen molar-refractivity contribution < 1.29 is 5.11 Å². The summed E-state index contributed by atoms with van der Waals surface area (Å²) in [7, 11) is 0. The molecule has 1 aromatic carbocycles. The molecule has 0 unspecified atom stereocenters. The van der Waals surface area contributed by atoms with Gasteiger partial charge in [-0.25, -0.2) is 4.98 Å². The smallest absolute Gasteiger partial charge is 0.263 e. The molecule has 0 fully saturated rings. The molecule has 100 valence electrons. The van der Waals surface area contributed by atoms with Crippen LogP contribution in [0.5, 0.6) is 5.88 Å². The van der Waals surface area contributed by atoms with E-state index in [2.05, 4.69) is 25.1 Å². The maximum atomic E-state index is 12.1. The Kier molecular flexibility index (Phi) is 2.96. The zero-order valence-electron chi connectivity index (χ0n) is 9.96. The minimum absolute atomic E-state index is 0.0128. The van der Waals surface area contributed by atoms with Crippen LogP contribution in [-0.2, 0) is 0 Å². The predicted octanol–water partition coefficient (Wildman–Crippen LogP) is 1.58. The summed E-state index contributed by atoms with van der Waals surface area (Å²) < 4.78 is 0. The third kappa shape index (κ3) is 2.04. The van der Waals surface area contributed by atoms with Gasteiger partial charge in [0.1, 0.15) is 11.9 Å². The van der Waals surface area contributed by atoms with Gasteiger partial charge >= 0.3 is 0 Å². The van der Waals surface area contributed by atoms with Crippen LogP contribution in [0.2, 0.25) is 5.02 Å². The third-order valence-electron chi connectivity index (χ3n) is 2.68. The van der Waals surface area contributed by atoms with Gasteiger partial charge in [-0.3, -0.25) is 9.89 Å². The molecular weight excluding hydrogens is 282 g/mol. The first-order valence-electron chi connectivity index (χ1n) is 5.60. The molecule has 0 aliphatic rings. The number of hydrogen-bond donors (Lipinski definition) is 3. The van der Waals surface area contributed by atoms with Crippen molar-refractivity contribution >= 4 is 11.6 Å². The molecule has 0 bridgehead atoms. The number of benzene rings is 1. The van der Waals surface area contributed by atoms with Crippen LogP contribution in [-0.4, -0.2) is 30.3 Å². The van der Waals surface area contributed by atoms with E-state index in [0.717, 1.165) is 0 Å². The van der Waals surface area contributed by atoms with Gasteiger partial charge in [-0.15, -0.1) is 0 Å². The minimum atomic E-state index is -0.517. The van der Waals surface area contributed by atoms with Crippen LogP contribution in [0.4, 0.5) is 0 Å². The van der Waals surface area contributed by atoms with Crippen LogP contribution >= 0.6 is 11.6 Å². The van der Waals surface area contributed by atoms with Gasteiger partial charge in [0.15, 0.2) is 11.6 Å². The molecule has 20 heavy (non-hydrogen) atoms. The lowest BCUT2D eigenvalue weighted by Gasteiger charge is -2.06. The molecular formula is C12H8ClN5O2. The molecule has 0 amide bonds. The van der Waals surface area contributed by atoms with Crippen molar-refractivity contribution in [2.24, 2.45) is 0 Å². The predicted molar refractivity (Wildman–Crippen MR) is 72.3 cm³/mol. The van der Waals surface area contributed by atoms with E-state index >= 15 is 0 Å². The molecule has 0 radical (unpaired) electrons. The highest BCUT2D eigenvalue weighted by molar-refractivity contribution is 6.33. The monoisotopic (exact) mass is 289 g/mol. The Labute approximate surface area is 117 Å². The molecule has 0 aliphatic carbocycles. The maximum absolute atomic E-state index is 12.1. The Morgan fingerprint density at radius 2 is 2.00 bits per heavy atom. The van der Waals surface area contributed by atoms with E-state index in [1.165, 1.54) is 6.33 Å². The molecule has 2 aromatic heterocycles. The molecule has 3 aromatic rings. The summed E-state index contributed by atoms with van der Waals surface area (Å²) in [6.45, 7) is 0. The van der Waals surface area contributed by atoms with Crippen molar-refractivity contribution in [3.8, 4) is 28.7 Å². The van der Waals surface area contributed by atoms with Gasteiger partial charge in [-0.2, -0.15) is 10.1 Å². The van der Waals surface area contributed by atoms with E-state index in [1.807, 2.05) is 0 Å². The Morgan fingerprint density at radius 1 is 1.20 bits per heavy atom. The van der Waals surface area contributed by atoms with Gasteiger partial charge in [-0.05, 0) is 6.07 Å². The molecule has 2 heterocycles. The first-order chi connectivity index (χ1) is 9.66.